The Bertz CT molecular complexity index is 1390. The van der Waals surface area contributed by atoms with E-state index in [0.29, 0.717) is 42.5 Å². The summed E-state index contributed by atoms with van der Waals surface area (Å²) >= 11 is 19.7. The Kier molecular flexibility index (Phi) is 6.76. The van der Waals surface area contributed by atoms with Crippen molar-refractivity contribution in [2.75, 3.05) is 11.1 Å². The van der Waals surface area contributed by atoms with Crippen LogP contribution in [0.4, 0.5) is 5.69 Å². The molecule has 0 spiro atoms. The Morgan fingerprint density at radius 1 is 0.969 bits per heavy atom. The number of fused-ring (bicyclic) bond motifs is 1. The van der Waals surface area contributed by atoms with E-state index in [1.807, 2.05) is 13.0 Å². The maximum absolute atomic E-state index is 13.4. The van der Waals surface area contributed by atoms with E-state index in [-0.39, 0.29) is 17.2 Å². The van der Waals surface area contributed by atoms with Crippen molar-refractivity contribution in [2.45, 2.75) is 12.1 Å². The SMILES string of the molecule is Cc1c(Cl)cccc1-n1c(SCC(=O)Nc2c(Cl)cccc2Cl)nc2ccccc2c1=O. The van der Waals surface area contributed by atoms with Crippen molar-refractivity contribution in [1.82, 2.24) is 9.55 Å². The molecular formula is C23H16Cl3N3O2S. The van der Waals surface area contributed by atoms with Gasteiger partial charge in [-0.2, -0.15) is 0 Å². The highest BCUT2D eigenvalue weighted by atomic mass is 35.5. The Labute approximate surface area is 203 Å². The number of hydrogen-bond acceptors (Lipinski definition) is 4. The molecule has 162 valence electrons. The summed E-state index contributed by atoms with van der Waals surface area (Å²) in [7, 11) is 0. The zero-order valence-corrected chi connectivity index (χ0v) is 19.8. The van der Waals surface area contributed by atoms with Crippen molar-refractivity contribution < 1.29 is 4.79 Å². The number of para-hydroxylation sites is 2. The van der Waals surface area contributed by atoms with Crippen molar-refractivity contribution in [2.24, 2.45) is 0 Å². The molecule has 0 fully saturated rings. The molecule has 0 aliphatic rings. The molecule has 0 saturated heterocycles. The second-order valence-corrected chi connectivity index (χ2v) is 9.03. The highest BCUT2D eigenvalue weighted by Gasteiger charge is 2.17. The predicted octanol–water partition coefficient (Wildman–Crippen LogP) is 6.39. The number of amides is 1. The van der Waals surface area contributed by atoms with E-state index < -0.39 is 0 Å². The zero-order chi connectivity index (χ0) is 22.8. The fraction of sp³-hybridized carbons (Fsp3) is 0.0870. The fourth-order valence-corrected chi connectivity index (χ4v) is 4.65. The van der Waals surface area contributed by atoms with Gasteiger partial charge in [0.25, 0.3) is 5.56 Å². The third-order valence-electron chi connectivity index (χ3n) is 4.78. The average molecular weight is 505 g/mol. The minimum Gasteiger partial charge on any atom is -0.323 e. The van der Waals surface area contributed by atoms with Crippen LogP contribution in [-0.2, 0) is 4.79 Å². The van der Waals surface area contributed by atoms with E-state index in [2.05, 4.69) is 10.3 Å². The van der Waals surface area contributed by atoms with Crippen LogP contribution >= 0.6 is 46.6 Å². The summed E-state index contributed by atoms with van der Waals surface area (Å²) in [6, 6.07) is 17.4. The lowest BCUT2D eigenvalue weighted by Gasteiger charge is -2.16. The maximum atomic E-state index is 13.4. The van der Waals surface area contributed by atoms with Gasteiger partial charge in [-0.25, -0.2) is 4.98 Å². The predicted molar refractivity (Wildman–Crippen MR) is 133 cm³/mol. The summed E-state index contributed by atoms with van der Waals surface area (Å²) in [4.78, 5) is 30.6. The smallest absolute Gasteiger partial charge is 0.266 e. The number of nitrogens with one attached hydrogen (secondary N) is 1. The monoisotopic (exact) mass is 503 g/mol. The number of aromatic nitrogens is 2. The first-order chi connectivity index (χ1) is 15.4. The first kappa shape index (κ1) is 22.7. The first-order valence-electron chi connectivity index (χ1n) is 9.50. The first-order valence-corrected chi connectivity index (χ1v) is 11.6. The van der Waals surface area contributed by atoms with E-state index in [4.69, 9.17) is 34.8 Å². The van der Waals surface area contributed by atoms with Crippen molar-refractivity contribution in [3.8, 4) is 5.69 Å². The van der Waals surface area contributed by atoms with E-state index >= 15 is 0 Å². The third kappa shape index (κ3) is 4.50. The molecule has 4 aromatic rings. The Hall–Kier alpha value is -2.51. The van der Waals surface area contributed by atoms with Crippen LogP contribution in [0, 0.1) is 6.92 Å². The number of nitrogens with zero attached hydrogens (tertiary/aromatic N) is 2. The minimum atomic E-state index is -0.332. The molecular weight excluding hydrogens is 489 g/mol. The quantitative estimate of drug-likeness (QED) is 0.253. The lowest BCUT2D eigenvalue weighted by Crippen LogP contribution is -2.23. The van der Waals surface area contributed by atoms with E-state index in [9.17, 15) is 9.59 Å². The standard InChI is InChI=1S/C23H16Cl3N3O2S/c1-13-15(24)7-5-11-19(13)29-22(31)14-6-2-3-10-18(14)27-23(29)32-12-20(30)28-21-16(25)8-4-9-17(21)26/h2-11H,12H2,1H3,(H,28,30). The molecule has 3 aromatic carbocycles. The van der Waals surface area contributed by atoms with Crippen molar-refractivity contribution in [3.63, 3.8) is 0 Å². The molecule has 0 aliphatic carbocycles. The van der Waals surface area contributed by atoms with Crippen molar-refractivity contribution in [3.05, 3.63) is 91.6 Å². The highest BCUT2D eigenvalue weighted by Crippen LogP contribution is 2.31. The van der Waals surface area contributed by atoms with Gasteiger partial charge in [0.15, 0.2) is 5.16 Å². The van der Waals surface area contributed by atoms with Gasteiger partial charge in [-0.3, -0.25) is 14.2 Å². The largest absolute Gasteiger partial charge is 0.323 e. The van der Waals surface area contributed by atoms with Crippen LogP contribution in [-0.4, -0.2) is 21.2 Å². The highest BCUT2D eigenvalue weighted by molar-refractivity contribution is 7.99. The molecule has 0 radical (unpaired) electrons. The number of carbonyl (C=O) groups is 1. The Morgan fingerprint density at radius 3 is 2.38 bits per heavy atom. The second-order valence-electron chi connectivity index (χ2n) is 6.87. The zero-order valence-electron chi connectivity index (χ0n) is 16.7. The van der Waals surface area contributed by atoms with Crippen LogP contribution in [0.3, 0.4) is 0 Å². The van der Waals surface area contributed by atoms with Gasteiger partial charge in [0.05, 0.1) is 38.1 Å². The maximum Gasteiger partial charge on any atom is 0.266 e. The molecule has 0 unspecified atom stereocenters. The molecule has 1 N–H and O–H groups in total. The molecule has 5 nitrogen and oxygen atoms in total. The molecule has 0 aliphatic heterocycles. The van der Waals surface area contributed by atoms with E-state index in [1.54, 1.807) is 54.6 Å². The van der Waals surface area contributed by atoms with Gasteiger partial charge < -0.3 is 5.32 Å². The summed E-state index contributed by atoms with van der Waals surface area (Å²) in [6.45, 7) is 1.83. The van der Waals surface area contributed by atoms with Crippen molar-refractivity contribution >= 4 is 69.1 Å². The number of anilines is 1. The van der Waals surface area contributed by atoms with Crippen LogP contribution in [0.2, 0.25) is 15.1 Å². The van der Waals surface area contributed by atoms with Gasteiger partial charge in [0.1, 0.15) is 0 Å². The molecule has 1 amide bonds. The molecule has 1 aromatic heterocycles. The summed E-state index contributed by atoms with van der Waals surface area (Å²) in [5.41, 5.74) is 2.00. The van der Waals surface area contributed by atoms with Gasteiger partial charge in [-0.1, -0.05) is 70.8 Å². The molecule has 0 atom stereocenters. The van der Waals surface area contributed by atoms with E-state index in [0.717, 1.165) is 17.3 Å². The van der Waals surface area contributed by atoms with Gasteiger partial charge in [-0.05, 0) is 48.9 Å². The van der Waals surface area contributed by atoms with Crippen LogP contribution in [0.5, 0.6) is 0 Å². The third-order valence-corrected chi connectivity index (χ3v) is 6.76. The normalized spacial score (nSPS) is 11.0. The van der Waals surface area contributed by atoms with E-state index in [1.165, 1.54) is 4.57 Å². The number of thioether (sulfide) groups is 1. The molecule has 0 bridgehead atoms. The molecule has 9 heteroatoms. The molecule has 0 saturated carbocycles. The van der Waals surface area contributed by atoms with Gasteiger partial charge in [0.2, 0.25) is 5.91 Å². The summed E-state index contributed by atoms with van der Waals surface area (Å²) in [5, 5.41) is 4.78. The number of benzene rings is 3. The number of hydrogen-bond donors (Lipinski definition) is 1. The molecule has 4 rings (SSSR count). The Balaban J connectivity index is 1.72. The number of halogens is 3. The van der Waals surface area contributed by atoms with Crippen LogP contribution in [0.15, 0.2) is 70.6 Å². The van der Waals surface area contributed by atoms with Crippen LogP contribution in [0.25, 0.3) is 16.6 Å². The summed E-state index contributed by atoms with van der Waals surface area (Å²) in [5.74, 6) is -0.340. The average Bonchev–Trinajstić information content (AvgIpc) is 2.77. The number of carbonyl (C=O) groups excluding carboxylic acids is 1. The Morgan fingerprint density at radius 2 is 1.62 bits per heavy atom. The fourth-order valence-electron chi connectivity index (χ4n) is 3.18. The van der Waals surface area contributed by atoms with Gasteiger partial charge in [0, 0.05) is 5.02 Å². The molecule has 32 heavy (non-hydrogen) atoms. The van der Waals surface area contributed by atoms with Crippen molar-refractivity contribution in [1.29, 1.82) is 0 Å². The summed E-state index contributed by atoms with van der Waals surface area (Å²) < 4.78 is 1.49. The second kappa shape index (κ2) is 9.55. The minimum absolute atomic E-state index is 0.00799. The number of rotatable bonds is 5. The lowest BCUT2D eigenvalue weighted by atomic mass is 10.2. The van der Waals surface area contributed by atoms with Gasteiger partial charge >= 0.3 is 0 Å². The van der Waals surface area contributed by atoms with Crippen LogP contribution in [0.1, 0.15) is 5.56 Å². The molecule has 1 heterocycles. The lowest BCUT2D eigenvalue weighted by molar-refractivity contribution is -0.113. The van der Waals surface area contributed by atoms with Gasteiger partial charge in [-0.15, -0.1) is 0 Å². The summed E-state index contributed by atoms with van der Waals surface area (Å²) in [6.07, 6.45) is 0. The topological polar surface area (TPSA) is 64.0 Å². The van der Waals surface area contributed by atoms with Crippen LogP contribution < -0.4 is 10.9 Å².